The SMILES string of the molecule is CCCn1nc(C(C)(C)C)c(C(=O)O)c1Cl. The van der Waals surface area contributed by atoms with Gasteiger partial charge in [0.25, 0.3) is 0 Å². The average Bonchev–Trinajstić information content (AvgIpc) is 2.44. The maximum atomic E-state index is 11.2. The van der Waals surface area contributed by atoms with Gasteiger partial charge in [0, 0.05) is 12.0 Å². The summed E-state index contributed by atoms with van der Waals surface area (Å²) in [6.07, 6.45) is 0.865. The minimum Gasteiger partial charge on any atom is -0.478 e. The van der Waals surface area contributed by atoms with Crippen molar-refractivity contribution in [1.29, 1.82) is 0 Å². The molecule has 0 bridgehead atoms. The van der Waals surface area contributed by atoms with E-state index in [2.05, 4.69) is 5.10 Å². The number of carbonyl (C=O) groups is 1. The summed E-state index contributed by atoms with van der Waals surface area (Å²) in [4.78, 5) is 11.2. The molecule has 0 aliphatic carbocycles. The molecule has 0 spiro atoms. The minimum absolute atomic E-state index is 0.127. The Labute approximate surface area is 100 Å². The first-order chi connectivity index (χ1) is 7.29. The molecule has 0 fully saturated rings. The van der Waals surface area contributed by atoms with Crippen LogP contribution in [0.5, 0.6) is 0 Å². The molecule has 1 rings (SSSR count). The number of rotatable bonds is 3. The first-order valence-electron chi connectivity index (χ1n) is 5.29. The van der Waals surface area contributed by atoms with Crippen LogP contribution in [0.25, 0.3) is 0 Å². The molecular weight excluding hydrogens is 228 g/mol. The van der Waals surface area contributed by atoms with Crippen LogP contribution in [0.15, 0.2) is 0 Å². The Morgan fingerprint density at radius 3 is 2.38 bits per heavy atom. The van der Waals surface area contributed by atoms with Gasteiger partial charge in [-0.15, -0.1) is 0 Å². The van der Waals surface area contributed by atoms with Crippen LogP contribution >= 0.6 is 11.6 Å². The van der Waals surface area contributed by atoms with Crippen molar-refractivity contribution in [3.63, 3.8) is 0 Å². The molecule has 0 unspecified atom stereocenters. The fourth-order valence-corrected chi connectivity index (χ4v) is 1.81. The van der Waals surface area contributed by atoms with E-state index >= 15 is 0 Å². The van der Waals surface area contributed by atoms with Gasteiger partial charge in [-0.25, -0.2) is 4.79 Å². The van der Waals surface area contributed by atoms with Gasteiger partial charge in [0.05, 0.1) is 5.69 Å². The predicted octanol–water partition coefficient (Wildman–Crippen LogP) is 2.94. The number of hydrogen-bond acceptors (Lipinski definition) is 2. The Bertz CT molecular complexity index is 405. The highest BCUT2D eigenvalue weighted by atomic mass is 35.5. The molecule has 90 valence electrons. The first kappa shape index (κ1) is 13.0. The Hall–Kier alpha value is -1.03. The third-order valence-electron chi connectivity index (χ3n) is 2.25. The van der Waals surface area contributed by atoms with Gasteiger partial charge >= 0.3 is 5.97 Å². The first-order valence-corrected chi connectivity index (χ1v) is 5.67. The van der Waals surface area contributed by atoms with Crippen LogP contribution in [-0.2, 0) is 12.0 Å². The number of aromatic carboxylic acids is 1. The summed E-state index contributed by atoms with van der Waals surface area (Å²) >= 11 is 6.03. The standard InChI is InChI=1S/C11H17ClN2O2/c1-5-6-14-9(12)7(10(15)16)8(13-14)11(2,3)4/h5-6H2,1-4H3,(H,15,16). The van der Waals surface area contributed by atoms with Crippen molar-refractivity contribution in [1.82, 2.24) is 9.78 Å². The summed E-state index contributed by atoms with van der Waals surface area (Å²) in [5, 5.41) is 13.7. The van der Waals surface area contributed by atoms with Crippen molar-refractivity contribution >= 4 is 17.6 Å². The van der Waals surface area contributed by atoms with E-state index in [-0.39, 0.29) is 16.1 Å². The quantitative estimate of drug-likeness (QED) is 0.890. The van der Waals surface area contributed by atoms with Gasteiger partial charge in [0.15, 0.2) is 0 Å². The number of hydrogen-bond donors (Lipinski definition) is 1. The molecule has 0 aliphatic heterocycles. The number of nitrogens with zero attached hydrogens (tertiary/aromatic N) is 2. The molecular formula is C11H17ClN2O2. The van der Waals surface area contributed by atoms with Gasteiger partial charge in [-0.3, -0.25) is 4.68 Å². The largest absolute Gasteiger partial charge is 0.478 e. The van der Waals surface area contributed by atoms with Crippen LogP contribution in [0.2, 0.25) is 5.15 Å². The predicted molar refractivity (Wildman–Crippen MR) is 63.2 cm³/mol. The number of carboxylic acid groups (broad SMARTS) is 1. The highest BCUT2D eigenvalue weighted by Crippen LogP contribution is 2.30. The number of halogens is 1. The number of aryl methyl sites for hydroxylation is 1. The summed E-state index contributed by atoms with van der Waals surface area (Å²) in [6, 6.07) is 0. The van der Waals surface area contributed by atoms with E-state index in [0.717, 1.165) is 6.42 Å². The van der Waals surface area contributed by atoms with E-state index in [4.69, 9.17) is 16.7 Å². The van der Waals surface area contributed by atoms with Crippen molar-refractivity contribution in [2.75, 3.05) is 0 Å². The zero-order valence-corrected chi connectivity index (χ0v) is 10.8. The van der Waals surface area contributed by atoms with Crippen LogP contribution in [0.3, 0.4) is 0 Å². The van der Waals surface area contributed by atoms with E-state index < -0.39 is 5.97 Å². The molecule has 1 aromatic rings. The van der Waals surface area contributed by atoms with Gasteiger partial charge < -0.3 is 5.11 Å². The molecule has 0 amide bonds. The number of aromatic nitrogens is 2. The van der Waals surface area contributed by atoms with Crippen molar-refractivity contribution in [2.45, 2.75) is 46.1 Å². The Kier molecular flexibility index (Phi) is 3.63. The lowest BCUT2D eigenvalue weighted by Crippen LogP contribution is -2.16. The van der Waals surface area contributed by atoms with Gasteiger partial charge in [0.1, 0.15) is 10.7 Å². The second-order valence-corrected chi connectivity index (χ2v) is 5.15. The van der Waals surface area contributed by atoms with Crippen LogP contribution in [-0.4, -0.2) is 20.9 Å². The van der Waals surface area contributed by atoms with Crippen molar-refractivity contribution < 1.29 is 9.90 Å². The maximum absolute atomic E-state index is 11.2. The molecule has 0 aromatic carbocycles. The Morgan fingerprint density at radius 1 is 1.50 bits per heavy atom. The van der Waals surface area contributed by atoms with Gasteiger partial charge in [-0.05, 0) is 6.42 Å². The monoisotopic (exact) mass is 244 g/mol. The van der Waals surface area contributed by atoms with E-state index in [1.54, 1.807) is 4.68 Å². The molecule has 0 saturated carbocycles. The summed E-state index contributed by atoms with van der Waals surface area (Å²) < 4.78 is 1.56. The maximum Gasteiger partial charge on any atom is 0.340 e. The third kappa shape index (κ3) is 2.38. The van der Waals surface area contributed by atoms with Gasteiger partial charge in [0.2, 0.25) is 0 Å². The third-order valence-corrected chi connectivity index (χ3v) is 2.63. The van der Waals surface area contributed by atoms with E-state index in [1.807, 2.05) is 27.7 Å². The molecule has 4 nitrogen and oxygen atoms in total. The topological polar surface area (TPSA) is 55.1 Å². The van der Waals surface area contributed by atoms with Crippen molar-refractivity contribution in [2.24, 2.45) is 0 Å². The van der Waals surface area contributed by atoms with Gasteiger partial charge in [-0.2, -0.15) is 5.10 Å². The Balaban J connectivity index is 3.37. The van der Waals surface area contributed by atoms with Crippen LogP contribution < -0.4 is 0 Å². The Morgan fingerprint density at radius 2 is 2.06 bits per heavy atom. The normalized spacial score (nSPS) is 11.8. The van der Waals surface area contributed by atoms with E-state index in [1.165, 1.54) is 0 Å². The summed E-state index contributed by atoms with van der Waals surface area (Å²) in [6.45, 7) is 8.40. The van der Waals surface area contributed by atoms with Crippen LogP contribution in [0.1, 0.15) is 50.2 Å². The molecule has 0 atom stereocenters. The second-order valence-electron chi connectivity index (χ2n) is 4.79. The van der Waals surface area contributed by atoms with E-state index in [0.29, 0.717) is 12.2 Å². The average molecular weight is 245 g/mol. The fraction of sp³-hybridized carbons (Fsp3) is 0.636. The lowest BCUT2D eigenvalue weighted by molar-refractivity contribution is 0.0694. The second kappa shape index (κ2) is 4.45. The molecule has 1 aromatic heterocycles. The molecule has 5 heteroatoms. The fourth-order valence-electron chi connectivity index (χ4n) is 1.52. The molecule has 16 heavy (non-hydrogen) atoms. The highest BCUT2D eigenvalue weighted by Gasteiger charge is 2.29. The number of carboxylic acids is 1. The van der Waals surface area contributed by atoms with E-state index in [9.17, 15) is 4.79 Å². The van der Waals surface area contributed by atoms with Gasteiger partial charge in [-0.1, -0.05) is 39.3 Å². The van der Waals surface area contributed by atoms with Crippen LogP contribution in [0.4, 0.5) is 0 Å². The lowest BCUT2D eigenvalue weighted by Gasteiger charge is -2.15. The smallest absolute Gasteiger partial charge is 0.340 e. The highest BCUT2D eigenvalue weighted by molar-refractivity contribution is 6.32. The van der Waals surface area contributed by atoms with Crippen molar-refractivity contribution in [3.05, 3.63) is 16.4 Å². The zero-order chi connectivity index (χ0) is 12.5. The van der Waals surface area contributed by atoms with Crippen molar-refractivity contribution in [3.8, 4) is 0 Å². The summed E-state index contributed by atoms with van der Waals surface area (Å²) in [7, 11) is 0. The summed E-state index contributed by atoms with van der Waals surface area (Å²) in [5.41, 5.74) is 0.345. The lowest BCUT2D eigenvalue weighted by atomic mass is 9.89. The van der Waals surface area contributed by atoms with Crippen LogP contribution in [0, 0.1) is 0 Å². The molecule has 1 heterocycles. The molecule has 0 aliphatic rings. The minimum atomic E-state index is -1.02. The molecule has 0 radical (unpaired) electrons. The zero-order valence-electron chi connectivity index (χ0n) is 10.0. The molecule has 0 saturated heterocycles. The summed E-state index contributed by atoms with van der Waals surface area (Å²) in [5.74, 6) is -1.02. The molecule has 1 N–H and O–H groups in total.